The molecular formula is C8H14O10S2. The second kappa shape index (κ2) is 8.14. The van der Waals surface area contributed by atoms with Crippen molar-refractivity contribution in [3.05, 3.63) is 0 Å². The number of rotatable bonds is 9. The number of methoxy groups -OCH3 is 2. The third kappa shape index (κ3) is 8.79. The summed E-state index contributed by atoms with van der Waals surface area (Å²) in [6, 6.07) is 0. The molecule has 0 aromatic rings. The molecule has 20 heavy (non-hydrogen) atoms. The molecular weight excluding hydrogens is 320 g/mol. The van der Waals surface area contributed by atoms with Gasteiger partial charge >= 0.3 is 11.9 Å². The Morgan fingerprint density at radius 1 is 0.750 bits per heavy atom. The molecule has 12 heteroatoms. The Kier molecular flexibility index (Phi) is 7.63. The molecule has 0 radical (unpaired) electrons. The summed E-state index contributed by atoms with van der Waals surface area (Å²) in [6.07, 6.45) is 0. The van der Waals surface area contributed by atoms with E-state index in [1.807, 2.05) is 0 Å². The molecule has 0 N–H and O–H groups in total. The maximum atomic E-state index is 11.3. The highest BCUT2D eigenvalue weighted by atomic mass is 32.2. The number of hydrogen-bond donors (Lipinski definition) is 0. The zero-order valence-electron chi connectivity index (χ0n) is 10.7. The first kappa shape index (κ1) is 18.8. The molecule has 0 aliphatic heterocycles. The van der Waals surface area contributed by atoms with Gasteiger partial charge in [-0.1, -0.05) is 0 Å². The van der Waals surface area contributed by atoms with Gasteiger partial charge in [-0.05, 0) is 0 Å². The van der Waals surface area contributed by atoms with E-state index in [4.69, 9.17) is 0 Å². The summed E-state index contributed by atoms with van der Waals surface area (Å²) >= 11 is 0. The van der Waals surface area contributed by atoms with Gasteiger partial charge in [0.05, 0.1) is 25.7 Å². The van der Waals surface area contributed by atoms with Crippen LogP contribution in [0, 0.1) is 0 Å². The van der Waals surface area contributed by atoms with E-state index in [-0.39, 0.29) is 0 Å². The SMILES string of the molecule is COC(=O)COS(=O)(=O)CCS(=O)(=O)OCC(=O)OC. The Bertz CT molecular complexity index is 482. The predicted molar refractivity (Wildman–Crippen MR) is 63.5 cm³/mol. The minimum absolute atomic E-state index is 0.859. The summed E-state index contributed by atoms with van der Waals surface area (Å²) < 4.78 is 61.7. The number of hydrogen-bond acceptors (Lipinski definition) is 10. The van der Waals surface area contributed by atoms with Crippen LogP contribution in [0.1, 0.15) is 0 Å². The van der Waals surface area contributed by atoms with Crippen LogP contribution in [0.25, 0.3) is 0 Å². The van der Waals surface area contributed by atoms with Crippen molar-refractivity contribution in [1.82, 2.24) is 0 Å². The van der Waals surface area contributed by atoms with E-state index in [2.05, 4.69) is 17.8 Å². The van der Waals surface area contributed by atoms with E-state index in [1.54, 1.807) is 0 Å². The molecule has 0 bridgehead atoms. The van der Waals surface area contributed by atoms with E-state index in [0.29, 0.717) is 0 Å². The Hall–Kier alpha value is -1.24. The Balaban J connectivity index is 4.30. The lowest BCUT2D eigenvalue weighted by atomic mass is 10.8. The molecule has 0 aromatic heterocycles. The third-order valence-corrected chi connectivity index (χ3v) is 4.37. The van der Waals surface area contributed by atoms with Crippen molar-refractivity contribution in [2.75, 3.05) is 38.9 Å². The number of carbonyl (C=O) groups excluding carboxylic acids is 2. The van der Waals surface area contributed by atoms with Gasteiger partial charge in [0.1, 0.15) is 0 Å². The number of carbonyl (C=O) groups is 2. The van der Waals surface area contributed by atoms with Gasteiger partial charge in [0.25, 0.3) is 20.2 Å². The van der Waals surface area contributed by atoms with Gasteiger partial charge < -0.3 is 9.47 Å². The van der Waals surface area contributed by atoms with Crippen molar-refractivity contribution in [3.63, 3.8) is 0 Å². The molecule has 0 aromatic carbocycles. The van der Waals surface area contributed by atoms with E-state index in [0.717, 1.165) is 14.2 Å². The first-order valence-corrected chi connectivity index (χ1v) is 8.15. The van der Waals surface area contributed by atoms with Gasteiger partial charge in [-0.25, -0.2) is 9.59 Å². The normalized spacial score (nSPS) is 11.9. The summed E-state index contributed by atoms with van der Waals surface area (Å²) in [4.78, 5) is 21.3. The molecule has 10 nitrogen and oxygen atoms in total. The highest BCUT2D eigenvalue weighted by Crippen LogP contribution is 2.00. The lowest BCUT2D eigenvalue weighted by Gasteiger charge is -2.06. The van der Waals surface area contributed by atoms with E-state index in [9.17, 15) is 26.4 Å². The fraction of sp³-hybridized carbons (Fsp3) is 0.750. The van der Waals surface area contributed by atoms with Crippen molar-refractivity contribution >= 4 is 32.2 Å². The summed E-state index contributed by atoms with van der Waals surface area (Å²) in [7, 11) is -6.42. The molecule has 0 saturated heterocycles. The molecule has 0 heterocycles. The lowest BCUT2D eigenvalue weighted by Crippen LogP contribution is -2.24. The Labute approximate surface area is 116 Å². The lowest BCUT2D eigenvalue weighted by molar-refractivity contribution is -0.143. The Morgan fingerprint density at radius 3 is 1.30 bits per heavy atom. The zero-order chi connectivity index (χ0) is 15.8. The summed E-state index contributed by atoms with van der Waals surface area (Å²) in [5.41, 5.74) is 0. The van der Waals surface area contributed by atoms with Gasteiger partial charge in [0.2, 0.25) is 0 Å². The fourth-order valence-electron chi connectivity index (χ4n) is 0.716. The van der Waals surface area contributed by atoms with Crippen molar-refractivity contribution in [2.45, 2.75) is 0 Å². The Morgan fingerprint density at radius 2 is 1.05 bits per heavy atom. The van der Waals surface area contributed by atoms with Gasteiger partial charge in [0, 0.05) is 0 Å². The van der Waals surface area contributed by atoms with Crippen molar-refractivity contribution in [2.24, 2.45) is 0 Å². The van der Waals surface area contributed by atoms with Gasteiger partial charge in [0.15, 0.2) is 13.2 Å². The molecule has 0 aliphatic rings. The average molecular weight is 334 g/mol. The van der Waals surface area contributed by atoms with Crippen molar-refractivity contribution in [1.29, 1.82) is 0 Å². The first-order chi connectivity index (χ1) is 9.12. The second-order valence-electron chi connectivity index (χ2n) is 3.20. The number of esters is 2. The van der Waals surface area contributed by atoms with Gasteiger partial charge in [-0.3, -0.25) is 8.37 Å². The molecule has 0 saturated carbocycles. The van der Waals surface area contributed by atoms with Crippen LogP contribution in [0.15, 0.2) is 0 Å². The fourth-order valence-corrected chi connectivity index (χ4v) is 3.14. The highest BCUT2D eigenvalue weighted by Gasteiger charge is 2.21. The van der Waals surface area contributed by atoms with Crippen LogP contribution in [-0.4, -0.2) is 67.7 Å². The molecule has 0 spiro atoms. The third-order valence-electron chi connectivity index (χ3n) is 1.75. The largest absolute Gasteiger partial charge is 0.467 e. The molecule has 0 rings (SSSR count). The molecule has 0 aliphatic carbocycles. The average Bonchev–Trinajstić information content (AvgIpc) is 2.40. The topological polar surface area (TPSA) is 139 Å². The zero-order valence-corrected chi connectivity index (χ0v) is 12.4. The standard InChI is InChI=1S/C8H14O10S2/c1-15-7(9)5-17-19(11,12)3-4-20(13,14)18-6-8(10)16-2/h3-6H2,1-2H3. The molecule has 0 atom stereocenters. The number of ether oxygens (including phenoxy) is 2. The van der Waals surface area contributed by atoms with Crippen LogP contribution < -0.4 is 0 Å². The van der Waals surface area contributed by atoms with Crippen molar-refractivity contribution in [3.8, 4) is 0 Å². The smallest absolute Gasteiger partial charge is 0.333 e. The molecule has 118 valence electrons. The maximum Gasteiger partial charge on any atom is 0.333 e. The van der Waals surface area contributed by atoms with E-state index in [1.165, 1.54) is 0 Å². The quantitative estimate of drug-likeness (QED) is 0.344. The van der Waals surface area contributed by atoms with Crippen LogP contribution in [-0.2, 0) is 47.7 Å². The van der Waals surface area contributed by atoms with Crippen LogP contribution in [0.5, 0.6) is 0 Å². The van der Waals surface area contributed by atoms with Crippen LogP contribution >= 0.6 is 0 Å². The van der Waals surface area contributed by atoms with Gasteiger partial charge in [-0.2, -0.15) is 16.8 Å². The first-order valence-electron chi connectivity index (χ1n) is 4.99. The monoisotopic (exact) mass is 334 g/mol. The summed E-state index contributed by atoms with van der Waals surface area (Å²) in [5, 5.41) is 0. The molecule has 0 unspecified atom stereocenters. The second-order valence-corrected chi connectivity index (χ2v) is 6.72. The summed E-state index contributed by atoms with van der Waals surface area (Å²) in [5.74, 6) is -3.74. The molecule has 0 fully saturated rings. The minimum atomic E-state index is -4.24. The van der Waals surface area contributed by atoms with Crippen molar-refractivity contribution < 1.29 is 44.3 Å². The maximum absolute atomic E-state index is 11.3. The van der Waals surface area contributed by atoms with E-state index >= 15 is 0 Å². The van der Waals surface area contributed by atoms with Gasteiger partial charge in [-0.15, -0.1) is 0 Å². The predicted octanol–water partition coefficient (Wildman–Crippen LogP) is -1.97. The highest BCUT2D eigenvalue weighted by molar-refractivity contribution is 7.90. The van der Waals surface area contributed by atoms with Crippen LogP contribution in [0.4, 0.5) is 0 Å². The van der Waals surface area contributed by atoms with E-state index < -0.39 is 56.9 Å². The van der Waals surface area contributed by atoms with Crippen LogP contribution in [0.2, 0.25) is 0 Å². The van der Waals surface area contributed by atoms with Crippen LogP contribution in [0.3, 0.4) is 0 Å². The minimum Gasteiger partial charge on any atom is -0.467 e. The summed E-state index contributed by atoms with van der Waals surface area (Å²) in [6.45, 7) is -1.72. The molecule has 0 amide bonds.